The van der Waals surface area contributed by atoms with Gasteiger partial charge in [0.1, 0.15) is 6.54 Å². The van der Waals surface area contributed by atoms with E-state index < -0.39 is 5.97 Å². The summed E-state index contributed by atoms with van der Waals surface area (Å²) in [5, 5.41) is 14.9. The molecule has 1 amide bonds. The summed E-state index contributed by atoms with van der Waals surface area (Å²) in [6.07, 6.45) is 6.63. The molecule has 2 heterocycles. The Kier molecular flexibility index (Phi) is 4.19. The number of ether oxygens (including phenoxy) is 2. The van der Waals surface area contributed by atoms with Crippen molar-refractivity contribution in [3.8, 4) is 10.8 Å². The molecule has 142 valence electrons. The molecule has 3 N–H and O–H groups in total. The van der Waals surface area contributed by atoms with E-state index in [1.54, 1.807) is 7.11 Å². The zero-order chi connectivity index (χ0) is 19.1. The first-order valence-electron chi connectivity index (χ1n) is 8.20. The number of hydrogen-bond acceptors (Lipinski definition) is 9. The summed E-state index contributed by atoms with van der Waals surface area (Å²) >= 11 is 1.20. The predicted octanol–water partition coefficient (Wildman–Crippen LogP) is 1.73. The van der Waals surface area contributed by atoms with Gasteiger partial charge in [-0.2, -0.15) is 0 Å². The average molecular weight is 391 g/mol. The van der Waals surface area contributed by atoms with E-state index in [4.69, 9.17) is 14.6 Å². The Morgan fingerprint density at radius 1 is 1.22 bits per heavy atom. The van der Waals surface area contributed by atoms with Gasteiger partial charge in [-0.15, -0.1) is 0 Å². The molecule has 0 unspecified atom stereocenters. The van der Waals surface area contributed by atoms with E-state index in [1.807, 2.05) is 0 Å². The molecular weight excluding hydrogens is 374 g/mol. The number of carbonyl (C=O) groups excluding carboxylic acids is 1. The van der Waals surface area contributed by atoms with Crippen molar-refractivity contribution in [2.45, 2.75) is 24.9 Å². The van der Waals surface area contributed by atoms with Gasteiger partial charge in [0.05, 0.1) is 29.6 Å². The minimum atomic E-state index is -1.01. The Balaban J connectivity index is 1.31. The van der Waals surface area contributed by atoms with E-state index in [0.29, 0.717) is 15.9 Å². The summed E-state index contributed by atoms with van der Waals surface area (Å²) in [6, 6.07) is 0. The number of carboxylic acid groups (broad SMARTS) is 1. The molecule has 0 radical (unpaired) electrons. The van der Waals surface area contributed by atoms with Crippen molar-refractivity contribution in [1.82, 2.24) is 15.0 Å². The number of aliphatic carboxylic acids is 1. The van der Waals surface area contributed by atoms with Crippen LogP contribution in [0.25, 0.3) is 0 Å². The van der Waals surface area contributed by atoms with Crippen molar-refractivity contribution in [3.63, 3.8) is 0 Å². The number of hydrogen-bond donors (Lipinski definition) is 3. The molecule has 5 rings (SSSR count). The largest absolute Gasteiger partial charge is 0.480 e. The topological polar surface area (TPSA) is 136 Å². The summed E-state index contributed by atoms with van der Waals surface area (Å²) in [5.41, 5.74) is -0.394. The minimum absolute atomic E-state index is 0.0282. The Hall–Kier alpha value is -2.79. The van der Waals surface area contributed by atoms with E-state index in [2.05, 4.69) is 25.6 Å². The molecule has 0 aliphatic heterocycles. The van der Waals surface area contributed by atoms with Gasteiger partial charge < -0.3 is 25.2 Å². The van der Waals surface area contributed by atoms with Crippen molar-refractivity contribution in [3.05, 3.63) is 18.6 Å². The van der Waals surface area contributed by atoms with E-state index in [-0.39, 0.29) is 29.4 Å². The zero-order valence-corrected chi connectivity index (χ0v) is 15.2. The lowest BCUT2D eigenvalue weighted by atomic mass is 9.41. The van der Waals surface area contributed by atoms with Gasteiger partial charge >= 0.3 is 5.97 Å². The number of nitrogens with one attached hydrogen (secondary N) is 2. The van der Waals surface area contributed by atoms with Crippen molar-refractivity contribution < 1.29 is 24.2 Å². The first-order chi connectivity index (χ1) is 12.9. The van der Waals surface area contributed by atoms with Crippen LogP contribution >= 0.6 is 11.3 Å². The third-order valence-corrected chi connectivity index (χ3v) is 5.64. The molecule has 0 aromatic carbocycles. The fraction of sp³-hybridized carbons (Fsp3) is 0.438. The molecule has 0 saturated heterocycles. The SMILES string of the molecule is COC12CC(C(=O)Nc3ncc(Oc4cnc(NCC(=O)O)nc4)s3)(C1)C2. The highest BCUT2D eigenvalue weighted by Gasteiger charge is 2.72. The molecule has 3 aliphatic carbocycles. The Morgan fingerprint density at radius 2 is 1.93 bits per heavy atom. The van der Waals surface area contributed by atoms with Crippen LogP contribution in [0.1, 0.15) is 19.3 Å². The number of carbonyl (C=O) groups is 2. The van der Waals surface area contributed by atoms with Crippen LogP contribution in [-0.4, -0.2) is 51.2 Å². The van der Waals surface area contributed by atoms with Crippen LogP contribution in [0.2, 0.25) is 0 Å². The number of aromatic nitrogens is 3. The van der Waals surface area contributed by atoms with Crippen molar-refractivity contribution >= 4 is 34.3 Å². The highest BCUT2D eigenvalue weighted by Crippen LogP contribution is 2.69. The summed E-state index contributed by atoms with van der Waals surface area (Å²) in [5.74, 6) is -0.470. The van der Waals surface area contributed by atoms with Gasteiger partial charge in [-0.1, -0.05) is 11.3 Å². The Labute approximate surface area is 158 Å². The molecule has 2 bridgehead atoms. The van der Waals surface area contributed by atoms with Crippen molar-refractivity contribution in [2.75, 3.05) is 24.3 Å². The number of thiazole rings is 1. The lowest BCUT2D eigenvalue weighted by molar-refractivity contribution is -0.260. The fourth-order valence-corrected chi connectivity index (χ4v) is 4.16. The average Bonchev–Trinajstić information content (AvgIpc) is 2.99. The molecule has 0 spiro atoms. The van der Waals surface area contributed by atoms with Crippen LogP contribution in [0.15, 0.2) is 18.6 Å². The van der Waals surface area contributed by atoms with E-state index in [1.165, 1.54) is 29.9 Å². The van der Waals surface area contributed by atoms with Gasteiger partial charge in [0, 0.05) is 7.11 Å². The molecule has 2 aromatic heterocycles. The van der Waals surface area contributed by atoms with Gasteiger partial charge in [0.25, 0.3) is 0 Å². The molecule has 11 heteroatoms. The summed E-state index contributed by atoms with van der Waals surface area (Å²) in [4.78, 5) is 35.0. The summed E-state index contributed by atoms with van der Waals surface area (Å²) < 4.78 is 11.0. The van der Waals surface area contributed by atoms with E-state index in [9.17, 15) is 9.59 Å². The molecule has 0 atom stereocenters. The molecule has 2 aromatic rings. The van der Waals surface area contributed by atoms with Gasteiger partial charge in [-0.05, 0) is 19.3 Å². The molecular formula is C16H17N5O5S. The maximum Gasteiger partial charge on any atom is 0.322 e. The number of anilines is 2. The maximum absolute atomic E-state index is 12.4. The molecule has 27 heavy (non-hydrogen) atoms. The van der Waals surface area contributed by atoms with E-state index >= 15 is 0 Å². The maximum atomic E-state index is 12.4. The second-order valence-corrected chi connectivity index (χ2v) is 7.72. The third-order valence-electron chi connectivity index (χ3n) is 4.85. The Morgan fingerprint density at radius 3 is 2.56 bits per heavy atom. The summed E-state index contributed by atoms with van der Waals surface area (Å²) in [7, 11) is 1.68. The van der Waals surface area contributed by atoms with Crippen molar-refractivity contribution in [2.24, 2.45) is 5.41 Å². The molecule has 3 saturated carbocycles. The van der Waals surface area contributed by atoms with Crippen LogP contribution < -0.4 is 15.4 Å². The first kappa shape index (κ1) is 17.6. The van der Waals surface area contributed by atoms with Gasteiger partial charge in [-0.3, -0.25) is 9.59 Å². The van der Waals surface area contributed by atoms with Crippen LogP contribution in [0.5, 0.6) is 10.8 Å². The summed E-state index contributed by atoms with van der Waals surface area (Å²) in [6.45, 7) is -0.273. The minimum Gasteiger partial charge on any atom is -0.480 e. The van der Waals surface area contributed by atoms with Crippen LogP contribution in [-0.2, 0) is 14.3 Å². The standard InChI is InChI=1S/C16H17N5O5S/c1-25-16-6-15(7-16,8-16)12(24)21-14-20-5-11(27-14)26-9-2-17-13(18-3-9)19-4-10(22)23/h2-3,5H,4,6-8H2,1H3,(H,22,23)(H,17,18,19)(H,20,21,24). The third kappa shape index (κ3) is 3.30. The van der Waals surface area contributed by atoms with Gasteiger partial charge in [0.15, 0.2) is 10.9 Å². The lowest BCUT2D eigenvalue weighted by Crippen LogP contribution is -2.72. The number of methoxy groups -OCH3 is 1. The first-order valence-corrected chi connectivity index (χ1v) is 9.02. The number of nitrogens with zero attached hydrogens (tertiary/aromatic N) is 3. The second-order valence-electron chi connectivity index (χ2n) is 6.73. The van der Waals surface area contributed by atoms with Crippen LogP contribution in [0.3, 0.4) is 0 Å². The van der Waals surface area contributed by atoms with Crippen LogP contribution in [0, 0.1) is 5.41 Å². The smallest absolute Gasteiger partial charge is 0.322 e. The van der Waals surface area contributed by atoms with Crippen molar-refractivity contribution in [1.29, 1.82) is 0 Å². The van der Waals surface area contributed by atoms with E-state index in [0.717, 1.165) is 19.3 Å². The number of carboxylic acids is 1. The van der Waals surface area contributed by atoms with Gasteiger partial charge in [-0.25, -0.2) is 15.0 Å². The van der Waals surface area contributed by atoms with Gasteiger partial charge in [0.2, 0.25) is 16.9 Å². The quantitative estimate of drug-likeness (QED) is 0.614. The fourth-order valence-electron chi connectivity index (χ4n) is 3.48. The Bertz CT molecular complexity index is 864. The second kappa shape index (κ2) is 6.43. The highest BCUT2D eigenvalue weighted by atomic mass is 32.1. The van der Waals surface area contributed by atoms with Crippen LogP contribution in [0.4, 0.5) is 11.1 Å². The lowest BCUT2D eigenvalue weighted by Gasteiger charge is -2.67. The zero-order valence-electron chi connectivity index (χ0n) is 14.4. The molecule has 10 nitrogen and oxygen atoms in total. The number of rotatable bonds is 8. The monoisotopic (exact) mass is 391 g/mol. The normalized spacial score (nSPS) is 25.1. The molecule has 3 aliphatic rings. The number of amides is 1. The predicted molar refractivity (Wildman–Crippen MR) is 95.0 cm³/mol. The highest BCUT2D eigenvalue weighted by molar-refractivity contribution is 7.17. The molecule has 3 fully saturated rings.